The zero-order valence-corrected chi connectivity index (χ0v) is 10.0. The lowest BCUT2D eigenvalue weighted by molar-refractivity contribution is -0.136. The molecule has 1 aliphatic rings. The van der Waals surface area contributed by atoms with E-state index in [1.54, 1.807) is 12.1 Å². The van der Waals surface area contributed by atoms with Crippen molar-refractivity contribution in [3.8, 4) is 0 Å². The van der Waals surface area contributed by atoms with Crippen LogP contribution in [0.5, 0.6) is 0 Å². The molecule has 1 aliphatic heterocycles. The van der Waals surface area contributed by atoms with Crippen LogP contribution >= 0.6 is 0 Å². The fourth-order valence-electron chi connectivity index (χ4n) is 1.64. The highest BCUT2D eigenvalue weighted by molar-refractivity contribution is 5.98. The first-order valence-corrected chi connectivity index (χ1v) is 5.64. The van der Waals surface area contributed by atoms with Crippen molar-refractivity contribution in [1.29, 1.82) is 0 Å². The predicted molar refractivity (Wildman–Crippen MR) is 66.3 cm³/mol. The number of carbonyl (C=O) groups excluding carboxylic acids is 3. The van der Waals surface area contributed by atoms with E-state index in [0.29, 0.717) is 11.3 Å². The van der Waals surface area contributed by atoms with Crippen LogP contribution in [0.2, 0.25) is 0 Å². The molecule has 7 heteroatoms. The van der Waals surface area contributed by atoms with Crippen LogP contribution in [0.25, 0.3) is 0 Å². The van der Waals surface area contributed by atoms with E-state index >= 15 is 0 Å². The highest BCUT2D eigenvalue weighted by Gasteiger charge is 2.25. The molecule has 1 aromatic carbocycles. The minimum Gasteiger partial charge on any atom is -0.369 e. The number of benzene rings is 1. The summed E-state index contributed by atoms with van der Waals surface area (Å²) < 4.78 is 4.97. The van der Waals surface area contributed by atoms with Gasteiger partial charge in [0, 0.05) is 11.3 Å². The van der Waals surface area contributed by atoms with Crippen molar-refractivity contribution in [2.45, 2.75) is 6.04 Å². The predicted octanol–water partition coefficient (Wildman–Crippen LogP) is -0.761. The molecule has 1 saturated heterocycles. The molecular formula is C12H13N3O4. The molecule has 3 amide bonds. The maximum atomic E-state index is 11.8. The maximum Gasteiger partial charge on any atom is 0.249 e. The van der Waals surface area contributed by atoms with Gasteiger partial charge in [-0.1, -0.05) is 0 Å². The normalized spacial score (nSPS) is 18.5. The van der Waals surface area contributed by atoms with Gasteiger partial charge in [0.15, 0.2) is 0 Å². The molecular weight excluding hydrogens is 250 g/mol. The lowest BCUT2D eigenvalue weighted by Crippen LogP contribution is -2.51. The summed E-state index contributed by atoms with van der Waals surface area (Å²) >= 11 is 0. The van der Waals surface area contributed by atoms with Gasteiger partial charge in [-0.15, -0.1) is 0 Å². The van der Waals surface area contributed by atoms with E-state index in [1.165, 1.54) is 12.1 Å². The van der Waals surface area contributed by atoms with Crippen molar-refractivity contribution < 1.29 is 19.1 Å². The number of anilines is 1. The van der Waals surface area contributed by atoms with E-state index in [4.69, 9.17) is 10.5 Å². The van der Waals surface area contributed by atoms with E-state index in [1.807, 2.05) is 0 Å². The highest BCUT2D eigenvalue weighted by atomic mass is 16.5. The third kappa shape index (κ3) is 3.29. The average Bonchev–Trinajstić information content (AvgIpc) is 2.39. The fraction of sp³-hybridized carbons (Fsp3) is 0.250. The van der Waals surface area contributed by atoms with Crippen molar-refractivity contribution in [2.24, 2.45) is 5.73 Å². The second-order valence-corrected chi connectivity index (χ2v) is 4.07. The van der Waals surface area contributed by atoms with E-state index in [9.17, 15) is 14.4 Å². The van der Waals surface area contributed by atoms with Crippen LogP contribution in [0.4, 0.5) is 5.69 Å². The molecule has 0 saturated carbocycles. The third-order valence-corrected chi connectivity index (χ3v) is 2.61. The summed E-state index contributed by atoms with van der Waals surface area (Å²) in [5.41, 5.74) is 5.97. The Labute approximate surface area is 109 Å². The van der Waals surface area contributed by atoms with Crippen molar-refractivity contribution in [3.05, 3.63) is 29.8 Å². The lowest BCUT2D eigenvalue weighted by atomic mass is 10.2. The number of primary amides is 1. The smallest absolute Gasteiger partial charge is 0.249 e. The Morgan fingerprint density at radius 3 is 2.58 bits per heavy atom. The van der Waals surface area contributed by atoms with Gasteiger partial charge in [-0.05, 0) is 24.3 Å². The number of hydrogen-bond acceptors (Lipinski definition) is 4. The van der Waals surface area contributed by atoms with Gasteiger partial charge in [0.25, 0.3) is 0 Å². The zero-order chi connectivity index (χ0) is 13.8. The summed E-state index contributed by atoms with van der Waals surface area (Å²) in [5.74, 6) is -1.24. The number of hydrogen-bond donors (Lipinski definition) is 3. The quantitative estimate of drug-likeness (QED) is 0.665. The van der Waals surface area contributed by atoms with Gasteiger partial charge < -0.3 is 21.1 Å². The minimum absolute atomic E-state index is 0.0307. The molecule has 0 aliphatic carbocycles. The first kappa shape index (κ1) is 13.0. The number of rotatable bonds is 3. The standard InChI is InChI=1S/C12H13N3O4/c13-11(17)7-1-3-8(4-2-7)14-12(18)9-5-19-6-10(16)15-9/h1-4,9H,5-6H2,(H2,13,17)(H,14,18)(H,15,16). The Hall–Kier alpha value is -2.41. The Kier molecular flexibility index (Phi) is 3.76. The molecule has 19 heavy (non-hydrogen) atoms. The summed E-state index contributed by atoms with van der Waals surface area (Å²) in [6.45, 7) is 0.105. The monoisotopic (exact) mass is 263 g/mol. The number of ether oxygens (including phenoxy) is 1. The SMILES string of the molecule is NC(=O)c1ccc(NC(=O)C2COCC(=O)N2)cc1. The Bertz CT molecular complexity index is 512. The first-order valence-electron chi connectivity index (χ1n) is 5.64. The molecule has 0 radical (unpaired) electrons. The summed E-state index contributed by atoms with van der Waals surface area (Å²) in [4.78, 5) is 33.8. The number of carbonyl (C=O) groups is 3. The average molecular weight is 263 g/mol. The molecule has 4 N–H and O–H groups in total. The third-order valence-electron chi connectivity index (χ3n) is 2.61. The fourth-order valence-corrected chi connectivity index (χ4v) is 1.64. The largest absolute Gasteiger partial charge is 0.369 e. The molecule has 0 aromatic heterocycles. The van der Waals surface area contributed by atoms with Gasteiger partial charge >= 0.3 is 0 Å². The molecule has 1 unspecified atom stereocenters. The topological polar surface area (TPSA) is 111 Å². The van der Waals surface area contributed by atoms with E-state index in [0.717, 1.165) is 0 Å². The van der Waals surface area contributed by atoms with Gasteiger partial charge in [0.05, 0.1) is 6.61 Å². The van der Waals surface area contributed by atoms with Crippen molar-refractivity contribution in [3.63, 3.8) is 0 Å². The van der Waals surface area contributed by atoms with Crippen molar-refractivity contribution in [2.75, 3.05) is 18.5 Å². The zero-order valence-electron chi connectivity index (χ0n) is 10.0. The molecule has 2 rings (SSSR count). The van der Waals surface area contributed by atoms with E-state index in [2.05, 4.69) is 10.6 Å². The van der Waals surface area contributed by atoms with Crippen LogP contribution in [0, 0.1) is 0 Å². The minimum atomic E-state index is -0.711. The Balaban J connectivity index is 1.98. The van der Waals surface area contributed by atoms with Crippen LogP contribution < -0.4 is 16.4 Å². The number of amides is 3. The molecule has 1 fully saturated rings. The van der Waals surface area contributed by atoms with Gasteiger partial charge in [0.2, 0.25) is 17.7 Å². The molecule has 100 valence electrons. The molecule has 1 heterocycles. The molecule has 0 bridgehead atoms. The summed E-state index contributed by atoms with van der Waals surface area (Å²) in [7, 11) is 0. The van der Waals surface area contributed by atoms with Gasteiger partial charge in [-0.3, -0.25) is 14.4 Å². The maximum absolute atomic E-state index is 11.8. The van der Waals surface area contributed by atoms with Gasteiger partial charge in [-0.25, -0.2) is 0 Å². The second-order valence-electron chi connectivity index (χ2n) is 4.07. The van der Waals surface area contributed by atoms with Crippen LogP contribution in [-0.2, 0) is 14.3 Å². The molecule has 1 aromatic rings. The van der Waals surface area contributed by atoms with Crippen molar-refractivity contribution in [1.82, 2.24) is 5.32 Å². The van der Waals surface area contributed by atoms with Gasteiger partial charge in [0.1, 0.15) is 12.6 Å². The Morgan fingerprint density at radius 2 is 2.00 bits per heavy atom. The molecule has 0 spiro atoms. The van der Waals surface area contributed by atoms with Crippen LogP contribution in [0.3, 0.4) is 0 Å². The highest BCUT2D eigenvalue weighted by Crippen LogP contribution is 2.10. The lowest BCUT2D eigenvalue weighted by Gasteiger charge is -2.22. The van der Waals surface area contributed by atoms with E-state index in [-0.39, 0.29) is 25.0 Å². The summed E-state index contributed by atoms with van der Waals surface area (Å²) in [5, 5.41) is 5.13. The second kappa shape index (κ2) is 5.49. The van der Waals surface area contributed by atoms with Crippen LogP contribution in [-0.4, -0.2) is 37.0 Å². The number of nitrogens with one attached hydrogen (secondary N) is 2. The van der Waals surface area contributed by atoms with Gasteiger partial charge in [-0.2, -0.15) is 0 Å². The first-order chi connectivity index (χ1) is 9.06. The number of nitrogens with two attached hydrogens (primary N) is 1. The molecule has 7 nitrogen and oxygen atoms in total. The number of morpholine rings is 1. The summed E-state index contributed by atoms with van der Waals surface area (Å²) in [6.07, 6.45) is 0. The van der Waals surface area contributed by atoms with Crippen LogP contribution in [0.1, 0.15) is 10.4 Å². The van der Waals surface area contributed by atoms with E-state index < -0.39 is 11.9 Å². The van der Waals surface area contributed by atoms with Crippen molar-refractivity contribution >= 4 is 23.4 Å². The Morgan fingerprint density at radius 1 is 1.32 bits per heavy atom. The summed E-state index contributed by atoms with van der Waals surface area (Å²) in [6, 6.07) is 5.42. The molecule has 1 atom stereocenters. The van der Waals surface area contributed by atoms with Crippen LogP contribution in [0.15, 0.2) is 24.3 Å².